The van der Waals surface area contributed by atoms with Crippen molar-refractivity contribution in [2.24, 2.45) is 0 Å². The minimum Gasteiger partial charge on any atom is -0.398 e. The van der Waals surface area contributed by atoms with E-state index in [4.69, 9.17) is 5.73 Å². The van der Waals surface area contributed by atoms with Crippen molar-refractivity contribution in [3.63, 3.8) is 0 Å². The van der Waals surface area contributed by atoms with Gasteiger partial charge in [0.2, 0.25) is 0 Å². The normalized spacial score (nSPS) is 11.3. The van der Waals surface area contributed by atoms with Gasteiger partial charge in [-0.1, -0.05) is 12.1 Å². The van der Waals surface area contributed by atoms with Gasteiger partial charge in [0.05, 0.1) is 11.4 Å². The lowest BCUT2D eigenvalue weighted by molar-refractivity contribution is 0.496. The number of halogens is 3. The van der Waals surface area contributed by atoms with Crippen LogP contribution in [0, 0.1) is 17.5 Å². The van der Waals surface area contributed by atoms with Gasteiger partial charge in [-0.15, -0.1) is 0 Å². The number of anilines is 2. The van der Waals surface area contributed by atoms with Gasteiger partial charge in [0.25, 0.3) is 10.0 Å². The van der Waals surface area contributed by atoms with Gasteiger partial charge in [0.15, 0.2) is 11.6 Å². The van der Waals surface area contributed by atoms with Crippen molar-refractivity contribution >= 4 is 21.4 Å². The fraction of sp³-hybridized carbons (Fsp3) is 0. The summed E-state index contributed by atoms with van der Waals surface area (Å²) in [7, 11) is -4.20. The Morgan fingerprint density at radius 3 is 2.20 bits per heavy atom. The molecule has 2 rings (SSSR count). The second-order valence-corrected chi connectivity index (χ2v) is 5.54. The summed E-state index contributed by atoms with van der Waals surface area (Å²) in [5.74, 6) is -4.02. The molecule has 0 saturated heterocycles. The van der Waals surface area contributed by atoms with Gasteiger partial charge in [-0.25, -0.2) is 21.6 Å². The molecule has 4 nitrogen and oxygen atoms in total. The zero-order chi connectivity index (χ0) is 14.9. The van der Waals surface area contributed by atoms with Crippen LogP contribution in [0.15, 0.2) is 41.3 Å². The first-order valence-electron chi connectivity index (χ1n) is 5.33. The van der Waals surface area contributed by atoms with Gasteiger partial charge < -0.3 is 5.73 Å². The SMILES string of the molecule is Nc1ccccc1S(=O)(=O)Nc1cc(F)c(F)cc1F. The van der Waals surface area contributed by atoms with Gasteiger partial charge in [0.1, 0.15) is 10.7 Å². The van der Waals surface area contributed by atoms with Gasteiger partial charge >= 0.3 is 0 Å². The van der Waals surface area contributed by atoms with E-state index in [1.165, 1.54) is 24.3 Å². The standard InChI is InChI=1S/C12H9F3N2O2S/c13-7-5-9(15)11(6-8(7)14)17-20(18,19)12-4-2-1-3-10(12)16/h1-6,17H,16H2. The molecular formula is C12H9F3N2O2S. The van der Waals surface area contributed by atoms with Crippen LogP contribution in [0.3, 0.4) is 0 Å². The lowest BCUT2D eigenvalue weighted by atomic mass is 10.3. The first kappa shape index (κ1) is 14.2. The van der Waals surface area contributed by atoms with Gasteiger partial charge in [-0.3, -0.25) is 4.72 Å². The van der Waals surface area contributed by atoms with Crippen LogP contribution >= 0.6 is 0 Å². The average Bonchev–Trinajstić information content (AvgIpc) is 2.36. The number of sulfonamides is 1. The van der Waals surface area contributed by atoms with Crippen LogP contribution in [0.25, 0.3) is 0 Å². The molecule has 0 saturated carbocycles. The quantitative estimate of drug-likeness (QED) is 0.676. The Bertz CT molecular complexity index is 763. The van der Waals surface area contributed by atoms with E-state index in [1.54, 1.807) is 0 Å². The molecule has 0 aliphatic rings. The molecule has 0 heterocycles. The number of benzene rings is 2. The largest absolute Gasteiger partial charge is 0.398 e. The third-order valence-electron chi connectivity index (χ3n) is 2.46. The Morgan fingerprint density at radius 1 is 0.950 bits per heavy atom. The third-order valence-corrected chi connectivity index (χ3v) is 3.90. The summed E-state index contributed by atoms with van der Waals surface area (Å²) in [5, 5.41) is 0. The van der Waals surface area contributed by atoms with E-state index in [-0.39, 0.29) is 16.6 Å². The molecule has 106 valence electrons. The van der Waals surface area contributed by atoms with Crippen molar-refractivity contribution < 1.29 is 21.6 Å². The summed E-state index contributed by atoms with van der Waals surface area (Å²) < 4.78 is 65.0. The molecule has 3 N–H and O–H groups in total. The number of hydrogen-bond donors (Lipinski definition) is 2. The number of nitrogens with one attached hydrogen (secondary N) is 1. The molecule has 0 radical (unpaired) electrons. The minimum atomic E-state index is -4.20. The molecule has 0 unspecified atom stereocenters. The lowest BCUT2D eigenvalue weighted by Crippen LogP contribution is -2.16. The maximum atomic E-state index is 13.4. The van der Waals surface area contributed by atoms with Crippen molar-refractivity contribution in [1.29, 1.82) is 0 Å². The maximum Gasteiger partial charge on any atom is 0.264 e. The van der Waals surface area contributed by atoms with Crippen LogP contribution in [0.1, 0.15) is 0 Å². The van der Waals surface area contributed by atoms with E-state index < -0.39 is 33.2 Å². The van der Waals surface area contributed by atoms with E-state index in [0.717, 1.165) is 0 Å². The molecule has 2 aromatic rings. The zero-order valence-corrected chi connectivity index (χ0v) is 10.7. The zero-order valence-electron chi connectivity index (χ0n) is 9.90. The summed E-state index contributed by atoms with van der Waals surface area (Å²) in [5.41, 5.74) is 4.75. The van der Waals surface area contributed by atoms with Crippen molar-refractivity contribution in [2.75, 3.05) is 10.5 Å². The number of nitrogen functional groups attached to an aromatic ring is 1. The van der Waals surface area contributed by atoms with Crippen LogP contribution in [-0.4, -0.2) is 8.42 Å². The number of nitrogens with two attached hydrogens (primary N) is 1. The topological polar surface area (TPSA) is 72.2 Å². The van der Waals surface area contributed by atoms with Crippen LogP contribution in [-0.2, 0) is 10.0 Å². The molecule has 0 aromatic heterocycles. The molecular weight excluding hydrogens is 293 g/mol. The van der Waals surface area contributed by atoms with Gasteiger partial charge in [-0.2, -0.15) is 0 Å². The lowest BCUT2D eigenvalue weighted by Gasteiger charge is -2.11. The van der Waals surface area contributed by atoms with E-state index in [0.29, 0.717) is 6.07 Å². The summed E-state index contributed by atoms with van der Waals surface area (Å²) in [6.45, 7) is 0. The van der Waals surface area contributed by atoms with Crippen LogP contribution in [0.5, 0.6) is 0 Å². The highest BCUT2D eigenvalue weighted by molar-refractivity contribution is 7.92. The first-order chi connectivity index (χ1) is 9.31. The molecule has 0 spiro atoms. The number of rotatable bonds is 3. The highest BCUT2D eigenvalue weighted by atomic mass is 32.2. The maximum absolute atomic E-state index is 13.4. The van der Waals surface area contributed by atoms with Crippen LogP contribution < -0.4 is 10.5 Å². The van der Waals surface area contributed by atoms with Crippen molar-refractivity contribution in [2.45, 2.75) is 4.90 Å². The second-order valence-electron chi connectivity index (χ2n) is 3.89. The Balaban J connectivity index is 2.44. The van der Waals surface area contributed by atoms with Crippen molar-refractivity contribution in [3.8, 4) is 0 Å². The van der Waals surface area contributed by atoms with E-state index in [1.807, 2.05) is 4.72 Å². The summed E-state index contributed by atoms with van der Waals surface area (Å²) >= 11 is 0. The predicted octanol–water partition coefficient (Wildman–Crippen LogP) is 2.49. The molecule has 0 aliphatic heterocycles. The Kier molecular flexibility index (Phi) is 3.58. The minimum absolute atomic E-state index is 0.0528. The fourth-order valence-electron chi connectivity index (χ4n) is 1.53. The third kappa shape index (κ3) is 2.69. The monoisotopic (exact) mass is 302 g/mol. The molecule has 0 atom stereocenters. The molecule has 2 aromatic carbocycles. The van der Waals surface area contributed by atoms with Crippen molar-refractivity contribution in [1.82, 2.24) is 0 Å². The molecule has 0 bridgehead atoms. The second kappa shape index (κ2) is 5.04. The molecule has 20 heavy (non-hydrogen) atoms. The highest BCUT2D eigenvalue weighted by Crippen LogP contribution is 2.24. The van der Waals surface area contributed by atoms with Gasteiger partial charge in [-0.05, 0) is 12.1 Å². The molecule has 0 amide bonds. The summed E-state index contributed by atoms with van der Waals surface area (Å²) in [4.78, 5) is -0.288. The van der Waals surface area contributed by atoms with E-state index in [2.05, 4.69) is 0 Å². The number of para-hydroxylation sites is 1. The van der Waals surface area contributed by atoms with E-state index >= 15 is 0 Å². The summed E-state index contributed by atoms with van der Waals surface area (Å²) in [6.07, 6.45) is 0. The number of hydrogen-bond acceptors (Lipinski definition) is 3. The smallest absolute Gasteiger partial charge is 0.264 e. The van der Waals surface area contributed by atoms with Crippen LogP contribution in [0.4, 0.5) is 24.5 Å². The average molecular weight is 302 g/mol. The Hall–Kier alpha value is -2.22. The Morgan fingerprint density at radius 2 is 1.55 bits per heavy atom. The first-order valence-corrected chi connectivity index (χ1v) is 6.81. The molecule has 8 heteroatoms. The fourth-order valence-corrected chi connectivity index (χ4v) is 2.72. The molecule has 0 fully saturated rings. The van der Waals surface area contributed by atoms with Crippen molar-refractivity contribution in [3.05, 3.63) is 53.8 Å². The van der Waals surface area contributed by atoms with Gasteiger partial charge in [0, 0.05) is 12.1 Å². The highest BCUT2D eigenvalue weighted by Gasteiger charge is 2.20. The van der Waals surface area contributed by atoms with E-state index in [9.17, 15) is 21.6 Å². The predicted molar refractivity (Wildman–Crippen MR) is 68.0 cm³/mol. The Labute approximate surface area is 113 Å². The van der Waals surface area contributed by atoms with Crippen LogP contribution in [0.2, 0.25) is 0 Å². The molecule has 0 aliphatic carbocycles. The summed E-state index contributed by atoms with van der Waals surface area (Å²) in [6, 6.07) is 6.16.